The SMILES string of the molecule is CCOc1cc(C(=O)OCc2nnc(-c3ccc(Br)o3)o2)ccc1OCC(C)C. The number of halogens is 1. The van der Waals surface area contributed by atoms with Gasteiger partial charge in [-0.05, 0) is 59.1 Å². The molecule has 0 unspecified atom stereocenters. The van der Waals surface area contributed by atoms with Crippen molar-refractivity contribution in [1.82, 2.24) is 10.2 Å². The summed E-state index contributed by atoms with van der Waals surface area (Å²) in [6.07, 6.45) is 0. The van der Waals surface area contributed by atoms with Crippen molar-refractivity contribution in [2.75, 3.05) is 13.2 Å². The van der Waals surface area contributed by atoms with Crippen LogP contribution in [0.3, 0.4) is 0 Å². The fourth-order valence-corrected chi connectivity index (χ4v) is 2.64. The lowest BCUT2D eigenvalue weighted by molar-refractivity contribution is 0.0438. The van der Waals surface area contributed by atoms with Crippen molar-refractivity contribution in [2.45, 2.75) is 27.4 Å². The summed E-state index contributed by atoms with van der Waals surface area (Å²) >= 11 is 3.21. The van der Waals surface area contributed by atoms with Crippen molar-refractivity contribution < 1.29 is 27.8 Å². The van der Waals surface area contributed by atoms with E-state index in [1.165, 1.54) is 0 Å². The molecule has 154 valence electrons. The Balaban J connectivity index is 1.64. The van der Waals surface area contributed by atoms with E-state index in [1.807, 2.05) is 6.92 Å². The number of esters is 1. The van der Waals surface area contributed by atoms with Gasteiger partial charge in [-0.25, -0.2) is 4.79 Å². The molecule has 0 saturated carbocycles. The third-order valence-electron chi connectivity index (χ3n) is 3.63. The minimum Gasteiger partial charge on any atom is -0.490 e. The van der Waals surface area contributed by atoms with Crippen molar-refractivity contribution >= 4 is 21.9 Å². The highest BCUT2D eigenvalue weighted by molar-refractivity contribution is 9.10. The van der Waals surface area contributed by atoms with Gasteiger partial charge in [-0.15, -0.1) is 10.2 Å². The van der Waals surface area contributed by atoms with E-state index in [0.717, 1.165) is 0 Å². The molecule has 29 heavy (non-hydrogen) atoms. The van der Waals surface area contributed by atoms with Gasteiger partial charge in [0, 0.05) is 0 Å². The third-order valence-corrected chi connectivity index (χ3v) is 4.06. The molecule has 0 fully saturated rings. The van der Waals surface area contributed by atoms with Gasteiger partial charge in [-0.2, -0.15) is 0 Å². The van der Waals surface area contributed by atoms with E-state index in [1.54, 1.807) is 30.3 Å². The van der Waals surface area contributed by atoms with Crippen LogP contribution in [-0.4, -0.2) is 29.4 Å². The van der Waals surface area contributed by atoms with Gasteiger partial charge in [0.25, 0.3) is 11.8 Å². The maximum atomic E-state index is 12.4. The second-order valence-corrected chi connectivity index (χ2v) is 7.26. The number of hydrogen-bond donors (Lipinski definition) is 0. The minimum absolute atomic E-state index is 0.155. The van der Waals surface area contributed by atoms with Gasteiger partial charge in [0.2, 0.25) is 0 Å². The first-order valence-corrected chi connectivity index (χ1v) is 9.90. The van der Waals surface area contributed by atoms with Gasteiger partial charge in [0.15, 0.2) is 28.5 Å². The molecule has 8 nitrogen and oxygen atoms in total. The Morgan fingerprint density at radius 1 is 1.10 bits per heavy atom. The molecule has 3 rings (SSSR count). The summed E-state index contributed by atoms with van der Waals surface area (Å²) in [7, 11) is 0. The predicted molar refractivity (Wildman–Crippen MR) is 107 cm³/mol. The number of benzene rings is 1. The number of rotatable bonds is 9. The Labute approximate surface area is 176 Å². The van der Waals surface area contributed by atoms with E-state index >= 15 is 0 Å². The van der Waals surface area contributed by atoms with Gasteiger partial charge >= 0.3 is 5.97 Å². The molecular formula is C20H21BrN2O6. The van der Waals surface area contributed by atoms with Crippen LogP contribution in [0.15, 0.2) is 43.8 Å². The van der Waals surface area contributed by atoms with Crippen LogP contribution < -0.4 is 9.47 Å². The first-order valence-electron chi connectivity index (χ1n) is 9.11. The molecule has 3 aromatic rings. The number of aromatic nitrogens is 2. The second-order valence-electron chi connectivity index (χ2n) is 6.48. The standard InChI is InChI=1S/C20H21BrN2O6/c1-4-25-16-9-13(5-6-14(16)26-10-12(2)3)20(24)27-11-18-22-23-19(29-18)15-7-8-17(21)28-15/h5-9,12H,4,10-11H2,1-3H3. The highest BCUT2D eigenvalue weighted by atomic mass is 79.9. The van der Waals surface area contributed by atoms with Crippen LogP contribution in [0.1, 0.15) is 37.0 Å². The zero-order chi connectivity index (χ0) is 20.8. The molecule has 0 bridgehead atoms. The van der Waals surface area contributed by atoms with Gasteiger partial charge in [0.1, 0.15) is 0 Å². The van der Waals surface area contributed by atoms with Gasteiger partial charge in [0.05, 0.1) is 18.8 Å². The largest absolute Gasteiger partial charge is 0.490 e. The maximum Gasteiger partial charge on any atom is 0.338 e. The Bertz CT molecular complexity index is 966. The van der Waals surface area contributed by atoms with Crippen molar-refractivity contribution in [3.8, 4) is 23.1 Å². The Hall–Kier alpha value is -2.81. The fourth-order valence-electron chi connectivity index (χ4n) is 2.33. The number of hydrogen-bond acceptors (Lipinski definition) is 8. The Morgan fingerprint density at radius 2 is 1.93 bits per heavy atom. The van der Waals surface area contributed by atoms with Crippen LogP contribution in [0, 0.1) is 5.92 Å². The summed E-state index contributed by atoms with van der Waals surface area (Å²) in [5.41, 5.74) is 0.333. The quantitative estimate of drug-likeness (QED) is 0.413. The molecule has 0 radical (unpaired) electrons. The van der Waals surface area contributed by atoms with E-state index < -0.39 is 5.97 Å². The molecule has 2 heterocycles. The van der Waals surface area contributed by atoms with Crippen LogP contribution in [-0.2, 0) is 11.3 Å². The summed E-state index contributed by atoms with van der Waals surface area (Å²) in [4.78, 5) is 12.4. The zero-order valence-electron chi connectivity index (χ0n) is 16.3. The number of carbonyl (C=O) groups excluding carboxylic acids is 1. The summed E-state index contributed by atoms with van der Waals surface area (Å²) in [6, 6.07) is 8.32. The van der Waals surface area contributed by atoms with Crippen LogP contribution >= 0.6 is 15.9 Å². The van der Waals surface area contributed by atoms with Crippen LogP contribution in [0.25, 0.3) is 11.7 Å². The molecule has 1 aromatic carbocycles. The molecule has 0 aliphatic heterocycles. The summed E-state index contributed by atoms with van der Waals surface area (Å²) < 4.78 is 27.9. The molecule has 0 amide bonds. The highest BCUT2D eigenvalue weighted by Gasteiger charge is 2.16. The molecule has 0 aliphatic rings. The first kappa shape index (κ1) is 20.9. The van der Waals surface area contributed by atoms with E-state index in [0.29, 0.717) is 46.6 Å². The molecule has 0 spiro atoms. The van der Waals surface area contributed by atoms with Crippen molar-refractivity contribution in [3.05, 3.63) is 46.5 Å². The highest BCUT2D eigenvalue weighted by Crippen LogP contribution is 2.29. The number of ether oxygens (including phenoxy) is 3. The van der Waals surface area contributed by atoms with Crippen molar-refractivity contribution in [1.29, 1.82) is 0 Å². The molecule has 0 atom stereocenters. The molecule has 0 N–H and O–H groups in total. The van der Waals surface area contributed by atoms with Crippen LogP contribution in [0.2, 0.25) is 0 Å². The molecule has 2 aromatic heterocycles. The number of carbonyl (C=O) groups is 1. The molecule has 0 saturated heterocycles. The van der Waals surface area contributed by atoms with Gasteiger partial charge < -0.3 is 23.0 Å². The topological polar surface area (TPSA) is 96.8 Å². The Kier molecular flexibility index (Phi) is 6.92. The molecule has 0 aliphatic carbocycles. The van der Waals surface area contributed by atoms with E-state index in [9.17, 15) is 4.79 Å². The predicted octanol–water partition coefficient (Wildman–Crippen LogP) is 4.88. The second kappa shape index (κ2) is 9.60. The number of nitrogens with zero attached hydrogens (tertiary/aromatic N) is 2. The lowest BCUT2D eigenvalue weighted by Gasteiger charge is -2.14. The van der Waals surface area contributed by atoms with E-state index in [2.05, 4.69) is 40.0 Å². The summed E-state index contributed by atoms with van der Waals surface area (Å²) in [6.45, 7) is 6.81. The summed E-state index contributed by atoms with van der Waals surface area (Å²) in [5.74, 6) is 1.68. The normalized spacial score (nSPS) is 10.9. The first-order chi connectivity index (χ1) is 14.0. The van der Waals surface area contributed by atoms with Crippen LogP contribution in [0.4, 0.5) is 0 Å². The van der Waals surface area contributed by atoms with Crippen molar-refractivity contribution in [2.24, 2.45) is 5.92 Å². The molecular weight excluding hydrogens is 444 g/mol. The number of furan rings is 1. The average Bonchev–Trinajstić information content (AvgIpc) is 3.34. The zero-order valence-corrected chi connectivity index (χ0v) is 17.9. The third kappa shape index (κ3) is 5.60. The van der Waals surface area contributed by atoms with Gasteiger partial charge in [-0.1, -0.05) is 13.8 Å². The summed E-state index contributed by atoms with van der Waals surface area (Å²) in [5, 5.41) is 7.73. The smallest absolute Gasteiger partial charge is 0.338 e. The Morgan fingerprint density at radius 3 is 2.62 bits per heavy atom. The average molecular weight is 465 g/mol. The van der Waals surface area contributed by atoms with Crippen LogP contribution in [0.5, 0.6) is 11.5 Å². The lowest BCUT2D eigenvalue weighted by atomic mass is 10.2. The molecule has 9 heteroatoms. The van der Waals surface area contributed by atoms with E-state index in [-0.39, 0.29) is 18.4 Å². The van der Waals surface area contributed by atoms with E-state index in [4.69, 9.17) is 23.0 Å². The fraction of sp³-hybridized carbons (Fsp3) is 0.350. The van der Waals surface area contributed by atoms with Crippen molar-refractivity contribution in [3.63, 3.8) is 0 Å². The monoisotopic (exact) mass is 464 g/mol. The minimum atomic E-state index is -0.540. The maximum absolute atomic E-state index is 12.4. The van der Waals surface area contributed by atoms with Gasteiger partial charge in [-0.3, -0.25) is 0 Å². The lowest BCUT2D eigenvalue weighted by Crippen LogP contribution is -2.09.